The molecule has 0 spiro atoms. The number of nitrogens with zero attached hydrogens (tertiary/aromatic N) is 1. The number of unbranched alkanes of at least 4 members (excludes halogenated alkanes) is 3. The van der Waals surface area contributed by atoms with Crippen LogP contribution in [0.3, 0.4) is 0 Å². The molecule has 1 aliphatic rings. The number of carbonyl (C=O) groups excluding carboxylic acids is 2. The molecular weight excluding hydrogens is 374 g/mol. The predicted octanol–water partition coefficient (Wildman–Crippen LogP) is 4.91. The third-order valence-electron chi connectivity index (χ3n) is 4.10. The van der Waals surface area contributed by atoms with Crippen LogP contribution in [0.2, 0.25) is 0 Å². The third kappa shape index (κ3) is 3.56. The molecule has 0 radical (unpaired) electrons. The summed E-state index contributed by atoms with van der Waals surface area (Å²) in [6, 6.07) is 9.15. The first kappa shape index (κ1) is 16.4. The van der Waals surface area contributed by atoms with Gasteiger partial charge in [0.1, 0.15) is 0 Å². The fourth-order valence-electron chi connectivity index (χ4n) is 2.85. The van der Waals surface area contributed by atoms with Crippen molar-refractivity contribution in [1.29, 1.82) is 0 Å². The standard InChI is InChI=1S/C18H18BrNO2S/c19-15-10-12-23-16(15)9-3-1-2-6-11-20-17(21)13-7-4-5-8-14(13)18(20)22/h4-5,7-8,10,12H,1-3,6,9,11H2. The van der Waals surface area contributed by atoms with Gasteiger partial charge in [-0.2, -0.15) is 0 Å². The molecule has 0 N–H and O–H groups in total. The number of carbonyl (C=O) groups is 2. The van der Waals surface area contributed by atoms with Gasteiger partial charge in [-0.25, -0.2) is 0 Å². The van der Waals surface area contributed by atoms with E-state index in [-0.39, 0.29) is 11.8 Å². The van der Waals surface area contributed by atoms with Crippen LogP contribution in [-0.2, 0) is 6.42 Å². The molecule has 0 aliphatic carbocycles. The normalized spacial score (nSPS) is 13.7. The highest BCUT2D eigenvalue weighted by Gasteiger charge is 2.34. The highest BCUT2D eigenvalue weighted by molar-refractivity contribution is 9.10. The Morgan fingerprint density at radius 2 is 1.57 bits per heavy atom. The zero-order valence-electron chi connectivity index (χ0n) is 12.8. The monoisotopic (exact) mass is 391 g/mol. The molecule has 2 heterocycles. The summed E-state index contributed by atoms with van der Waals surface area (Å²) >= 11 is 5.33. The Bertz CT molecular complexity index is 690. The third-order valence-corrected chi connectivity index (χ3v) is 6.09. The van der Waals surface area contributed by atoms with Crippen LogP contribution in [0.15, 0.2) is 40.2 Å². The van der Waals surface area contributed by atoms with Crippen molar-refractivity contribution in [3.8, 4) is 0 Å². The first-order valence-corrected chi connectivity index (χ1v) is 9.53. The van der Waals surface area contributed by atoms with E-state index in [9.17, 15) is 9.59 Å². The van der Waals surface area contributed by atoms with Crippen LogP contribution in [0.25, 0.3) is 0 Å². The zero-order valence-corrected chi connectivity index (χ0v) is 15.2. The van der Waals surface area contributed by atoms with Gasteiger partial charge in [0.2, 0.25) is 0 Å². The minimum absolute atomic E-state index is 0.145. The second kappa shape index (κ2) is 7.41. The number of benzene rings is 1. The second-order valence-corrected chi connectivity index (χ2v) is 7.52. The minimum Gasteiger partial charge on any atom is -0.274 e. The average Bonchev–Trinajstić information content (AvgIpc) is 3.07. The number of rotatable bonds is 7. The van der Waals surface area contributed by atoms with E-state index >= 15 is 0 Å². The largest absolute Gasteiger partial charge is 0.274 e. The van der Waals surface area contributed by atoms with Gasteiger partial charge in [-0.05, 0) is 58.8 Å². The molecule has 0 bridgehead atoms. The molecule has 0 saturated carbocycles. The van der Waals surface area contributed by atoms with E-state index in [2.05, 4.69) is 27.4 Å². The van der Waals surface area contributed by atoms with E-state index in [1.807, 2.05) is 0 Å². The average molecular weight is 392 g/mol. The number of imide groups is 1. The summed E-state index contributed by atoms with van der Waals surface area (Å²) < 4.78 is 1.20. The molecule has 2 amide bonds. The summed E-state index contributed by atoms with van der Waals surface area (Å²) in [6.45, 7) is 0.523. The van der Waals surface area contributed by atoms with Crippen LogP contribution in [-0.4, -0.2) is 23.3 Å². The van der Waals surface area contributed by atoms with Gasteiger partial charge in [0.05, 0.1) is 11.1 Å². The molecule has 1 aliphatic heterocycles. The van der Waals surface area contributed by atoms with Gasteiger partial charge >= 0.3 is 0 Å². The number of amides is 2. The Balaban J connectivity index is 1.41. The highest BCUT2D eigenvalue weighted by atomic mass is 79.9. The van der Waals surface area contributed by atoms with E-state index in [0.29, 0.717) is 17.7 Å². The van der Waals surface area contributed by atoms with Gasteiger partial charge in [0.25, 0.3) is 11.8 Å². The van der Waals surface area contributed by atoms with Gasteiger partial charge in [0, 0.05) is 15.9 Å². The molecule has 3 rings (SSSR count). The molecule has 120 valence electrons. The number of aryl methyl sites for hydroxylation is 1. The summed E-state index contributed by atoms with van der Waals surface area (Å²) in [4.78, 5) is 27.2. The van der Waals surface area contributed by atoms with Crippen molar-refractivity contribution in [2.24, 2.45) is 0 Å². The van der Waals surface area contributed by atoms with Crippen molar-refractivity contribution in [3.05, 3.63) is 56.2 Å². The Hall–Kier alpha value is -1.46. The van der Waals surface area contributed by atoms with Gasteiger partial charge in [-0.1, -0.05) is 25.0 Å². The van der Waals surface area contributed by atoms with Crippen molar-refractivity contribution in [3.63, 3.8) is 0 Å². The van der Waals surface area contributed by atoms with Crippen molar-refractivity contribution in [1.82, 2.24) is 4.90 Å². The number of fused-ring (bicyclic) bond motifs is 1. The van der Waals surface area contributed by atoms with E-state index < -0.39 is 0 Å². The van der Waals surface area contributed by atoms with Crippen LogP contribution in [0.5, 0.6) is 0 Å². The summed E-state index contributed by atoms with van der Waals surface area (Å²) in [5.74, 6) is -0.291. The highest BCUT2D eigenvalue weighted by Crippen LogP contribution is 2.25. The van der Waals surface area contributed by atoms with Gasteiger partial charge < -0.3 is 0 Å². The fraction of sp³-hybridized carbons (Fsp3) is 0.333. The maximum absolute atomic E-state index is 12.2. The Kier molecular flexibility index (Phi) is 5.28. The Morgan fingerprint density at radius 1 is 0.913 bits per heavy atom. The SMILES string of the molecule is O=C1c2ccccc2C(=O)N1CCCCCCc1sccc1Br. The summed E-state index contributed by atoms with van der Waals surface area (Å²) in [5, 5.41) is 2.10. The van der Waals surface area contributed by atoms with Gasteiger partial charge in [-0.3, -0.25) is 14.5 Å². The maximum atomic E-state index is 12.2. The first-order valence-electron chi connectivity index (χ1n) is 7.85. The molecular formula is C18H18BrNO2S. The van der Waals surface area contributed by atoms with Crippen molar-refractivity contribution < 1.29 is 9.59 Å². The number of thiophene rings is 1. The van der Waals surface area contributed by atoms with Crippen LogP contribution in [0.4, 0.5) is 0 Å². The maximum Gasteiger partial charge on any atom is 0.261 e. The molecule has 1 aromatic carbocycles. The van der Waals surface area contributed by atoms with Crippen LogP contribution in [0, 0.1) is 0 Å². The van der Waals surface area contributed by atoms with E-state index in [4.69, 9.17) is 0 Å². The van der Waals surface area contributed by atoms with Gasteiger partial charge in [-0.15, -0.1) is 11.3 Å². The lowest BCUT2D eigenvalue weighted by molar-refractivity contribution is 0.0651. The van der Waals surface area contributed by atoms with Crippen molar-refractivity contribution in [2.45, 2.75) is 32.1 Å². The lowest BCUT2D eigenvalue weighted by Gasteiger charge is -2.13. The first-order chi connectivity index (χ1) is 11.2. The summed E-state index contributed by atoms with van der Waals surface area (Å²) in [6.07, 6.45) is 5.26. The molecule has 0 fully saturated rings. The lowest BCUT2D eigenvalue weighted by Crippen LogP contribution is -2.30. The second-order valence-electron chi connectivity index (χ2n) is 5.66. The molecule has 23 heavy (non-hydrogen) atoms. The minimum atomic E-state index is -0.145. The quantitative estimate of drug-likeness (QED) is 0.496. The van der Waals surface area contributed by atoms with Crippen LogP contribution < -0.4 is 0 Å². The van der Waals surface area contributed by atoms with E-state index in [0.717, 1.165) is 32.1 Å². The number of hydrogen-bond acceptors (Lipinski definition) is 3. The van der Waals surface area contributed by atoms with E-state index in [1.54, 1.807) is 35.6 Å². The molecule has 0 saturated heterocycles. The lowest BCUT2D eigenvalue weighted by atomic mass is 10.1. The van der Waals surface area contributed by atoms with Crippen LogP contribution >= 0.6 is 27.3 Å². The molecule has 0 atom stereocenters. The fourth-order valence-corrected chi connectivity index (χ4v) is 4.45. The zero-order chi connectivity index (χ0) is 16.2. The Labute approximate surface area is 148 Å². The topological polar surface area (TPSA) is 37.4 Å². The van der Waals surface area contributed by atoms with Crippen LogP contribution in [0.1, 0.15) is 51.3 Å². The van der Waals surface area contributed by atoms with Crippen molar-refractivity contribution in [2.75, 3.05) is 6.54 Å². The smallest absolute Gasteiger partial charge is 0.261 e. The van der Waals surface area contributed by atoms with Gasteiger partial charge in [0.15, 0.2) is 0 Å². The van der Waals surface area contributed by atoms with Crippen molar-refractivity contribution >= 4 is 39.1 Å². The summed E-state index contributed by atoms with van der Waals surface area (Å²) in [5.41, 5.74) is 1.08. The Morgan fingerprint density at radius 3 is 2.17 bits per heavy atom. The molecule has 5 heteroatoms. The number of halogens is 1. The molecule has 1 aromatic heterocycles. The van der Waals surface area contributed by atoms with E-state index in [1.165, 1.54) is 14.2 Å². The summed E-state index contributed by atoms with van der Waals surface area (Å²) in [7, 11) is 0. The molecule has 2 aromatic rings. The molecule has 3 nitrogen and oxygen atoms in total. The molecule has 0 unspecified atom stereocenters. The predicted molar refractivity (Wildman–Crippen MR) is 96.0 cm³/mol. The number of hydrogen-bond donors (Lipinski definition) is 0.